The third kappa shape index (κ3) is 3.57. The van der Waals surface area contributed by atoms with Crippen molar-refractivity contribution < 1.29 is 0 Å². The zero-order chi connectivity index (χ0) is 15.6. The average Bonchev–Trinajstić information content (AvgIpc) is 2.70. The molecule has 2 nitrogen and oxygen atoms in total. The lowest BCUT2D eigenvalue weighted by molar-refractivity contribution is 0.523. The molecule has 2 rings (SSSR count). The second kappa shape index (κ2) is 7.16. The summed E-state index contributed by atoms with van der Waals surface area (Å²) in [6.07, 6.45) is 0.816. The summed E-state index contributed by atoms with van der Waals surface area (Å²) in [5.41, 5.74) is 3.13. The summed E-state index contributed by atoms with van der Waals surface area (Å²) in [6.45, 7) is 1.94. The number of rotatable bonds is 5. The minimum Gasteiger partial charge on any atom is -0.271 e. The fourth-order valence-electron chi connectivity index (χ4n) is 2.40. The summed E-state index contributed by atoms with van der Waals surface area (Å²) < 4.78 is 2.97. The third-order valence-electron chi connectivity index (χ3n) is 3.72. The first-order valence-electron chi connectivity index (χ1n) is 6.49. The molecule has 0 amide bonds. The van der Waals surface area contributed by atoms with Crippen LogP contribution in [-0.2, 0) is 18.9 Å². The van der Waals surface area contributed by atoms with Gasteiger partial charge in [-0.05, 0) is 24.6 Å². The number of hydrogen-bond donors (Lipinski definition) is 0. The number of aromatic nitrogens is 2. The molecule has 6 heteroatoms. The highest BCUT2D eigenvalue weighted by Gasteiger charge is 2.33. The van der Waals surface area contributed by atoms with E-state index in [1.54, 1.807) is 0 Å². The molecule has 0 saturated carbocycles. The molecule has 0 spiro atoms. The van der Waals surface area contributed by atoms with Crippen molar-refractivity contribution in [2.75, 3.05) is 10.7 Å². The van der Waals surface area contributed by atoms with Crippen LogP contribution < -0.4 is 0 Å². The normalized spacial score (nSPS) is 11.9. The highest BCUT2D eigenvalue weighted by Crippen LogP contribution is 2.36. The van der Waals surface area contributed by atoms with E-state index in [0.717, 1.165) is 38.0 Å². The Kier molecular flexibility index (Phi) is 5.97. The van der Waals surface area contributed by atoms with Gasteiger partial charge in [-0.3, -0.25) is 4.68 Å². The van der Waals surface area contributed by atoms with Gasteiger partial charge in [0.05, 0.1) is 16.4 Å². The Morgan fingerprint density at radius 1 is 1.29 bits per heavy atom. The van der Waals surface area contributed by atoms with Crippen LogP contribution >= 0.6 is 59.4 Å². The molecular formula is C15H16Br3ClN2. The summed E-state index contributed by atoms with van der Waals surface area (Å²) in [5.74, 6) is 0. The highest BCUT2D eigenvalue weighted by molar-refractivity contribution is 9.10. The van der Waals surface area contributed by atoms with Crippen LogP contribution in [0, 0.1) is 6.92 Å². The minimum absolute atomic E-state index is 0.0757. The summed E-state index contributed by atoms with van der Waals surface area (Å²) in [7, 11) is 1.95. The van der Waals surface area contributed by atoms with Gasteiger partial charge in [0.2, 0.25) is 0 Å². The predicted molar refractivity (Wildman–Crippen MR) is 100 cm³/mol. The Bertz CT molecular complexity index is 636. The van der Waals surface area contributed by atoms with Crippen molar-refractivity contribution >= 4 is 59.4 Å². The summed E-state index contributed by atoms with van der Waals surface area (Å²) in [5, 5.41) is 6.85. The lowest BCUT2D eigenvalue weighted by Gasteiger charge is -2.31. The van der Waals surface area contributed by atoms with Crippen molar-refractivity contribution in [2.45, 2.75) is 18.8 Å². The summed E-state index contributed by atoms with van der Waals surface area (Å²) >= 11 is 17.4. The van der Waals surface area contributed by atoms with E-state index >= 15 is 0 Å². The largest absolute Gasteiger partial charge is 0.271 e. The molecule has 0 aliphatic carbocycles. The average molecular weight is 499 g/mol. The van der Waals surface area contributed by atoms with Gasteiger partial charge in [0, 0.05) is 34.0 Å². The molecule has 0 unspecified atom stereocenters. The second-order valence-electron chi connectivity index (χ2n) is 5.20. The summed E-state index contributed by atoms with van der Waals surface area (Å²) in [4.78, 5) is 0. The highest BCUT2D eigenvalue weighted by atomic mass is 79.9. The van der Waals surface area contributed by atoms with Crippen LogP contribution in [0.25, 0.3) is 0 Å². The van der Waals surface area contributed by atoms with Gasteiger partial charge < -0.3 is 0 Å². The van der Waals surface area contributed by atoms with Gasteiger partial charge in [-0.1, -0.05) is 71.5 Å². The molecule has 0 radical (unpaired) electrons. The first kappa shape index (κ1) is 17.5. The molecule has 0 aliphatic rings. The number of halogens is 4. The number of aryl methyl sites for hydroxylation is 2. The monoisotopic (exact) mass is 496 g/mol. The van der Waals surface area contributed by atoms with Gasteiger partial charge in [0.15, 0.2) is 0 Å². The summed E-state index contributed by atoms with van der Waals surface area (Å²) in [6, 6.07) is 8.43. The molecule has 114 valence electrons. The lowest BCUT2D eigenvalue weighted by Crippen LogP contribution is -2.34. The molecule has 1 heterocycles. The third-order valence-corrected chi connectivity index (χ3v) is 6.85. The molecule has 1 aromatic carbocycles. The maximum atomic E-state index is 6.43. The van der Waals surface area contributed by atoms with Crippen molar-refractivity contribution in [1.29, 1.82) is 0 Å². The van der Waals surface area contributed by atoms with Crippen LogP contribution in [0.2, 0.25) is 5.02 Å². The van der Waals surface area contributed by atoms with Crippen LogP contribution in [0.1, 0.15) is 17.0 Å². The fraction of sp³-hybridized carbons (Fsp3) is 0.400. The first-order valence-corrected chi connectivity index (χ1v) is 9.91. The van der Waals surface area contributed by atoms with E-state index in [4.69, 9.17) is 11.6 Å². The van der Waals surface area contributed by atoms with Gasteiger partial charge in [-0.25, -0.2) is 0 Å². The van der Waals surface area contributed by atoms with Crippen LogP contribution in [-0.4, -0.2) is 20.4 Å². The van der Waals surface area contributed by atoms with E-state index in [0.29, 0.717) is 0 Å². The van der Waals surface area contributed by atoms with Gasteiger partial charge in [0.25, 0.3) is 0 Å². The van der Waals surface area contributed by atoms with E-state index < -0.39 is 0 Å². The zero-order valence-corrected chi connectivity index (χ0v) is 17.4. The number of benzene rings is 1. The van der Waals surface area contributed by atoms with E-state index in [9.17, 15) is 0 Å². The smallest absolute Gasteiger partial charge is 0.0847 e. The van der Waals surface area contributed by atoms with Gasteiger partial charge in [-0.2, -0.15) is 5.10 Å². The van der Waals surface area contributed by atoms with Crippen LogP contribution in [0.15, 0.2) is 28.7 Å². The Hall–Kier alpha value is 0.160. The van der Waals surface area contributed by atoms with Crippen molar-refractivity contribution in [3.63, 3.8) is 0 Å². The Morgan fingerprint density at radius 2 is 1.95 bits per heavy atom. The quantitative estimate of drug-likeness (QED) is 0.503. The number of nitrogens with zero attached hydrogens (tertiary/aromatic N) is 2. The molecule has 0 saturated heterocycles. The van der Waals surface area contributed by atoms with E-state index in [1.807, 2.05) is 24.7 Å². The molecule has 0 bridgehead atoms. The number of hydrogen-bond acceptors (Lipinski definition) is 1. The predicted octanol–water partition coefficient (Wildman–Crippen LogP) is 5.41. The minimum atomic E-state index is -0.0757. The Morgan fingerprint density at radius 3 is 2.43 bits per heavy atom. The molecule has 1 aromatic heterocycles. The molecule has 21 heavy (non-hydrogen) atoms. The van der Waals surface area contributed by atoms with Gasteiger partial charge in [-0.15, -0.1) is 0 Å². The SMILES string of the molecule is Cc1nn(C)c(CC(CBr)(CBr)c2cccc(Br)c2)c1Cl. The Labute approximate surface area is 155 Å². The van der Waals surface area contributed by atoms with E-state index in [1.165, 1.54) is 5.56 Å². The van der Waals surface area contributed by atoms with Crippen molar-refractivity contribution in [3.8, 4) is 0 Å². The van der Waals surface area contributed by atoms with Crippen LogP contribution in [0.3, 0.4) is 0 Å². The molecular weight excluding hydrogens is 483 g/mol. The zero-order valence-electron chi connectivity index (χ0n) is 11.8. The fourth-order valence-corrected chi connectivity index (χ4v) is 5.00. The van der Waals surface area contributed by atoms with E-state index in [2.05, 4.69) is 71.1 Å². The van der Waals surface area contributed by atoms with Gasteiger partial charge >= 0.3 is 0 Å². The molecule has 0 atom stereocenters. The lowest BCUT2D eigenvalue weighted by atomic mass is 9.80. The molecule has 0 fully saturated rings. The van der Waals surface area contributed by atoms with Crippen molar-refractivity contribution in [1.82, 2.24) is 9.78 Å². The van der Waals surface area contributed by atoms with Gasteiger partial charge in [0.1, 0.15) is 0 Å². The standard InChI is InChI=1S/C15H16Br3ClN2/c1-10-14(19)13(21(2)20-10)7-15(8-16,9-17)11-4-3-5-12(18)6-11/h3-6H,7-9H2,1-2H3. The molecule has 2 aromatic rings. The second-order valence-corrected chi connectivity index (χ2v) is 7.62. The van der Waals surface area contributed by atoms with Crippen LogP contribution in [0.5, 0.6) is 0 Å². The molecule has 0 N–H and O–H groups in total. The van der Waals surface area contributed by atoms with E-state index in [-0.39, 0.29) is 5.41 Å². The maximum absolute atomic E-state index is 6.43. The first-order chi connectivity index (χ1) is 9.93. The van der Waals surface area contributed by atoms with Crippen LogP contribution in [0.4, 0.5) is 0 Å². The van der Waals surface area contributed by atoms with Crippen molar-refractivity contribution in [2.24, 2.45) is 7.05 Å². The number of alkyl halides is 2. The molecule has 0 aliphatic heterocycles. The van der Waals surface area contributed by atoms with Crippen molar-refractivity contribution in [3.05, 3.63) is 50.7 Å². The topological polar surface area (TPSA) is 17.8 Å². The maximum Gasteiger partial charge on any atom is 0.0847 e. The Balaban J connectivity index is 2.48.